The summed E-state index contributed by atoms with van der Waals surface area (Å²) in [5.74, 6) is 0.574. The van der Waals surface area contributed by atoms with E-state index in [0.717, 1.165) is 35.2 Å². The Balaban J connectivity index is 1.44. The van der Waals surface area contributed by atoms with Gasteiger partial charge in [-0.15, -0.1) is 0 Å². The van der Waals surface area contributed by atoms with Crippen LogP contribution in [0.1, 0.15) is 27.9 Å². The highest BCUT2D eigenvalue weighted by Crippen LogP contribution is 2.38. The summed E-state index contributed by atoms with van der Waals surface area (Å²) >= 11 is 0. The van der Waals surface area contributed by atoms with Crippen LogP contribution in [0, 0.1) is 0 Å². The summed E-state index contributed by atoms with van der Waals surface area (Å²) in [4.78, 5) is 27.3. The molecule has 35 heavy (non-hydrogen) atoms. The van der Waals surface area contributed by atoms with Crippen LogP contribution in [0.15, 0.2) is 58.6 Å². The third-order valence-corrected chi connectivity index (χ3v) is 5.89. The Morgan fingerprint density at radius 3 is 2.77 bits per heavy atom. The molecule has 10 heteroatoms. The monoisotopic (exact) mass is 471 g/mol. The Hall–Kier alpha value is -4.31. The van der Waals surface area contributed by atoms with Gasteiger partial charge in [0.25, 0.3) is 5.91 Å². The van der Waals surface area contributed by atoms with Crippen LogP contribution in [0.5, 0.6) is 0 Å². The van der Waals surface area contributed by atoms with Crippen molar-refractivity contribution in [1.82, 2.24) is 25.2 Å². The van der Waals surface area contributed by atoms with Gasteiger partial charge in [-0.25, -0.2) is 9.97 Å². The number of oxime groups is 1. The van der Waals surface area contributed by atoms with E-state index in [-0.39, 0.29) is 5.91 Å². The fourth-order valence-corrected chi connectivity index (χ4v) is 4.09. The number of carbonyl (C=O) groups is 1. The number of nitrogens with one attached hydrogen (secondary N) is 2. The lowest BCUT2D eigenvalue weighted by Gasteiger charge is -2.10. The Kier molecular flexibility index (Phi) is 6.11. The summed E-state index contributed by atoms with van der Waals surface area (Å²) in [7, 11) is 3.89. The minimum Gasteiger partial charge on any atom is -0.449 e. The molecule has 1 amide bonds. The van der Waals surface area contributed by atoms with Crippen LogP contribution in [-0.2, 0) is 6.42 Å². The summed E-state index contributed by atoms with van der Waals surface area (Å²) in [6, 6.07) is 7.78. The van der Waals surface area contributed by atoms with Crippen molar-refractivity contribution in [2.45, 2.75) is 12.8 Å². The van der Waals surface area contributed by atoms with Crippen LogP contribution >= 0.6 is 0 Å². The lowest BCUT2D eigenvalue weighted by atomic mass is 10.1. The highest BCUT2D eigenvalue weighted by molar-refractivity contribution is 6.05. The van der Waals surface area contributed by atoms with Gasteiger partial charge in [0.2, 0.25) is 0 Å². The Bertz CT molecular complexity index is 1410. The number of pyridine rings is 1. The first kappa shape index (κ1) is 22.5. The third kappa shape index (κ3) is 4.56. The molecule has 1 aromatic carbocycles. The molecule has 0 bridgehead atoms. The summed E-state index contributed by atoms with van der Waals surface area (Å²) in [5.41, 5.74) is 5.31. The van der Waals surface area contributed by atoms with E-state index in [9.17, 15) is 10.0 Å². The average Bonchev–Trinajstić information content (AvgIpc) is 3.45. The molecule has 3 heterocycles. The topological polar surface area (TPSA) is 129 Å². The van der Waals surface area contributed by atoms with Gasteiger partial charge in [-0.1, -0.05) is 11.2 Å². The first-order valence-corrected chi connectivity index (χ1v) is 11.3. The first-order chi connectivity index (χ1) is 17.0. The van der Waals surface area contributed by atoms with E-state index in [1.54, 1.807) is 12.4 Å². The number of amides is 1. The zero-order valence-electron chi connectivity index (χ0n) is 19.4. The number of hydrogen-bond donors (Lipinski definition) is 3. The molecule has 0 spiro atoms. The minimum atomic E-state index is -0.227. The van der Waals surface area contributed by atoms with Crippen molar-refractivity contribution in [3.63, 3.8) is 0 Å². The molecule has 3 N–H and O–H groups in total. The van der Waals surface area contributed by atoms with E-state index < -0.39 is 0 Å². The van der Waals surface area contributed by atoms with Crippen LogP contribution in [0.25, 0.3) is 22.6 Å². The number of carbonyl (C=O) groups excluding carboxylic acids is 1. The standard InChI is InChI=1S/C25H25N7O3/c1-32(2)10-9-27-25(33)16-12-28-24(29-13-16)23-22(19-7-8-26-14-21(19)35-23)30-17-4-5-18-15(11-17)3-6-20(18)31-34/h4-5,7-8,11-14,30,34H,3,6,9-10H2,1-2H3,(H,27,33)/b31-20+. The maximum Gasteiger partial charge on any atom is 0.254 e. The number of rotatable bonds is 7. The van der Waals surface area contributed by atoms with Gasteiger partial charge in [0.1, 0.15) is 0 Å². The fraction of sp³-hybridized carbons (Fsp3) is 0.240. The molecule has 0 aliphatic heterocycles. The molecule has 3 aromatic heterocycles. The van der Waals surface area contributed by atoms with Crippen molar-refractivity contribution in [2.75, 3.05) is 32.5 Å². The second-order valence-corrected chi connectivity index (χ2v) is 8.58. The molecular weight excluding hydrogens is 446 g/mol. The second kappa shape index (κ2) is 9.51. The van der Waals surface area contributed by atoms with Gasteiger partial charge < -0.3 is 25.2 Å². The second-order valence-electron chi connectivity index (χ2n) is 8.58. The van der Waals surface area contributed by atoms with E-state index in [1.807, 2.05) is 43.3 Å². The fourth-order valence-electron chi connectivity index (χ4n) is 4.09. The van der Waals surface area contributed by atoms with Gasteiger partial charge in [-0.2, -0.15) is 0 Å². The molecule has 1 aliphatic rings. The zero-order chi connectivity index (χ0) is 24.4. The number of benzene rings is 1. The van der Waals surface area contributed by atoms with Gasteiger partial charge in [0, 0.05) is 48.3 Å². The Labute approximate surface area is 201 Å². The predicted molar refractivity (Wildman–Crippen MR) is 132 cm³/mol. The van der Waals surface area contributed by atoms with Crippen LogP contribution in [0.4, 0.5) is 11.4 Å². The van der Waals surface area contributed by atoms with E-state index in [0.29, 0.717) is 47.1 Å². The molecule has 0 radical (unpaired) electrons. The van der Waals surface area contributed by atoms with Crippen LogP contribution in [0.3, 0.4) is 0 Å². The molecule has 0 fully saturated rings. The highest BCUT2D eigenvalue weighted by Gasteiger charge is 2.22. The van der Waals surface area contributed by atoms with Crippen LogP contribution in [-0.4, -0.2) is 63.9 Å². The smallest absolute Gasteiger partial charge is 0.254 e. The predicted octanol–water partition coefficient (Wildman–Crippen LogP) is 3.44. The number of aryl methyl sites for hydroxylation is 1. The molecule has 5 rings (SSSR count). The Morgan fingerprint density at radius 2 is 2.00 bits per heavy atom. The molecule has 1 aliphatic carbocycles. The van der Waals surface area contributed by atoms with Crippen molar-refractivity contribution in [3.8, 4) is 11.6 Å². The van der Waals surface area contributed by atoms with E-state index in [2.05, 4.69) is 30.7 Å². The number of hydrogen-bond acceptors (Lipinski definition) is 9. The quantitative estimate of drug-likeness (QED) is 0.276. The number of nitrogens with zero attached hydrogens (tertiary/aromatic N) is 5. The Morgan fingerprint density at radius 1 is 1.17 bits per heavy atom. The number of fused-ring (bicyclic) bond motifs is 2. The molecule has 10 nitrogen and oxygen atoms in total. The largest absolute Gasteiger partial charge is 0.449 e. The van der Waals surface area contributed by atoms with Crippen molar-refractivity contribution >= 4 is 34.0 Å². The third-order valence-electron chi connectivity index (χ3n) is 5.89. The van der Waals surface area contributed by atoms with E-state index in [1.165, 1.54) is 12.4 Å². The number of anilines is 2. The molecular formula is C25H25N7O3. The van der Waals surface area contributed by atoms with Crippen LogP contribution < -0.4 is 10.6 Å². The van der Waals surface area contributed by atoms with Crippen molar-refractivity contribution in [3.05, 3.63) is 65.7 Å². The molecule has 0 saturated carbocycles. The van der Waals surface area contributed by atoms with Gasteiger partial charge in [0.05, 0.1) is 23.2 Å². The first-order valence-electron chi connectivity index (χ1n) is 11.3. The summed E-state index contributed by atoms with van der Waals surface area (Å²) < 4.78 is 6.07. The number of likely N-dealkylation sites (N-methyl/N-ethyl adjacent to an activating group) is 1. The summed E-state index contributed by atoms with van der Waals surface area (Å²) in [6.45, 7) is 1.27. The maximum atomic E-state index is 12.4. The summed E-state index contributed by atoms with van der Waals surface area (Å²) in [5, 5.41) is 19.7. The zero-order valence-corrected chi connectivity index (χ0v) is 19.4. The highest BCUT2D eigenvalue weighted by atomic mass is 16.4. The molecule has 4 aromatic rings. The SMILES string of the molecule is CN(C)CCNC(=O)c1cnc(-c2oc3cnccc3c2Nc2ccc3c(c2)CC/C3=N\O)nc1. The van der Waals surface area contributed by atoms with Crippen LogP contribution in [0.2, 0.25) is 0 Å². The van der Waals surface area contributed by atoms with Gasteiger partial charge in [-0.05, 0) is 50.7 Å². The maximum absolute atomic E-state index is 12.4. The molecule has 0 unspecified atom stereocenters. The number of aromatic nitrogens is 3. The number of furan rings is 1. The van der Waals surface area contributed by atoms with Crippen molar-refractivity contribution in [2.24, 2.45) is 5.16 Å². The molecule has 178 valence electrons. The molecule has 0 atom stereocenters. The normalized spacial score (nSPS) is 14.0. The van der Waals surface area contributed by atoms with E-state index >= 15 is 0 Å². The van der Waals surface area contributed by atoms with Gasteiger partial charge in [-0.3, -0.25) is 9.78 Å². The lowest BCUT2D eigenvalue weighted by Crippen LogP contribution is -2.31. The average molecular weight is 472 g/mol. The van der Waals surface area contributed by atoms with E-state index in [4.69, 9.17) is 4.42 Å². The van der Waals surface area contributed by atoms with Crippen molar-refractivity contribution in [1.29, 1.82) is 0 Å². The molecule has 0 saturated heterocycles. The minimum absolute atomic E-state index is 0.227. The van der Waals surface area contributed by atoms with Gasteiger partial charge in [0.15, 0.2) is 17.2 Å². The van der Waals surface area contributed by atoms with Crippen molar-refractivity contribution < 1.29 is 14.4 Å². The van der Waals surface area contributed by atoms with Gasteiger partial charge >= 0.3 is 0 Å². The summed E-state index contributed by atoms with van der Waals surface area (Å²) in [6.07, 6.45) is 7.85. The lowest BCUT2D eigenvalue weighted by molar-refractivity contribution is 0.0950.